The highest BCUT2D eigenvalue weighted by Gasteiger charge is 2.14. The fourth-order valence-electron chi connectivity index (χ4n) is 2.33. The van der Waals surface area contributed by atoms with Gasteiger partial charge in [0.1, 0.15) is 0 Å². The van der Waals surface area contributed by atoms with Gasteiger partial charge in [0, 0.05) is 5.56 Å². The molecule has 0 aliphatic heterocycles. The number of amides is 1. The molecule has 0 bridgehead atoms. The van der Waals surface area contributed by atoms with Gasteiger partial charge in [-0.2, -0.15) is 5.26 Å². The van der Waals surface area contributed by atoms with E-state index in [1.54, 1.807) is 29.3 Å². The van der Waals surface area contributed by atoms with Crippen LogP contribution in [0.25, 0.3) is 0 Å². The van der Waals surface area contributed by atoms with Crippen LogP contribution in [0, 0.1) is 11.3 Å². The van der Waals surface area contributed by atoms with Crippen LogP contribution < -0.4 is 10.4 Å². The standard InChI is InChI=1S/C20H15N3O/c21-15-16-8-7-9-17(14-16)20(24)22-23(18-10-3-1-4-11-18)19-12-5-2-6-13-19/h1-14H,(H,22,24). The predicted octanol–water partition coefficient (Wildman–Crippen LogP) is 4.04. The summed E-state index contributed by atoms with van der Waals surface area (Å²) in [6.45, 7) is 0. The molecular weight excluding hydrogens is 298 g/mol. The van der Waals surface area contributed by atoms with Crippen molar-refractivity contribution in [1.82, 2.24) is 5.43 Å². The largest absolute Gasteiger partial charge is 0.270 e. The van der Waals surface area contributed by atoms with Crippen LogP contribution in [0.3, 0.4) is 0 Å². The molecule has 0 fully saturated rings. The zero-order valence-corrected chi connectivity index (χ0v) is 12.9. The van der Waals surface area contributed by atoms with Crippen LogP contribution in [0.1, 0.15) is 15.9 Å². The molecule has 116 valence electrons. The Kier molecular flexibility index (Phi) is 4.55. The number of benzene rings is 3. The van der Waals surface area contributed by atoms with E-state index >= 15 is 0 Å². The first-order valence-electron chi connectivity index (χ1n) is 7.49. The lowest BCUT2D eigenvalue weighted by atomic mass is 10.1. The van der Waals surface area contributed by atoms with Crippen LogP contribution in [-0.4, -0.2) is 5.91 Å². The van der Waals surface area contributed by atoms with Gasteiger partial charge in [0.25, 0.3) is 5.91 Å². The molecular formula is C20H15N3O. The maximum Gasteiger partial charge on any atom is 0.270 e. The van der Waals surface area contributed by atoms with Gasteiger partial charge in [-0.1, -0.05) is 42.5 Å². The van der Waals surface area contributed by atoms with Gasteiger partial charge in [0.2, 0.25) is 0 Å². The van der Waals surface area contributed by atoms with Gasteiger partial charge in [-0.3, -0.25) is 15.2 Å². The van der Waals surface area contributed by atoms with Crippen LogP contribution >= 0.6 is 0 Å². The maximum absolute atomic E-state index is 12.6. The molecule has 1 amide bonds. The molecule has 0 saturated heterocycles. The minimum absolute atomic E-state index is 0.278. The molecule has 0 unspecified atom stereocenters. The van der Waals surface area contributed by atoms with Crippen molar-refractivity contribution in [2.24, 2.45) is 0 Å². The van der Waals surface area contributed by atoms with E-state index in [-0.39, 0.29) is 5.91 Å². The Morgan fingerprint density at radius 1 is 0.833 bits per heavy atom. The fraction of sp³-hybridized carbons (Fsp3) is 0. The normalized spacial score (nSPS) is 9.79. The third kappa shape index (κ3) is 3.42. The molecule has 0 atom stereocenters. The number of nitrogens with one attached hydrogen (secondary N) is 1. The van der Waals surface area contributed by atoms with E-state index in [1.165, 1.54) is 0 Å². The van der Waals surface area contributed by atoms with Crippen molar-refractivity contribution in [3.05, 3.63) is 96.1 Å². The van der Waals surface area contributed by atoms with Crippen molar-refractivity contribution in [2.75, 3.05) is 5.01 Å². The quantitative estimate of drug-likeness (QED) is 0.740. The van der Waals surface area contributed by atoms with Crippen LogP contribution in [-0.2, 0) is 0 Å². The van der Waals surface area contributed by atoms with E-state index < -0.39 is 0 Å². The molecule has 4 nitrogen and oxygen atoms in total. The molecule has 4 heteroatoms. The van der Waals surface area contributed by atoms with Crippen LogP contribution in [0.2, 0.25) is 0 Å². The van der Waals surface area contributed by atoms with E-state index in [0.717, 1.165) is 11.4 Å². The van der Waals surface area contributed by atoms with E-state index in [9.17, 15) is 4.79 Å². The number of hydrogen-bond donors (Lipinski definition) is 1. The molecule has 0 spiro atoms. The molecule has 0 aromatic heterocycles. The number of hydrazine groups is 1. The third-order valence-electron chi connectivity index (χ3n) is 3.50. The molecule has 0 heterocycles. The fourth-order valence-corrected chi connectivity index (χ4v) is 2.33. The van der Waals surface area contributed by atoms with Gasteiger partial charge < -0.3 is 0 Å². The minimum atomic E-state index is -0.278. The monoisotopic (exact) mass is 313 g/mol. The first-order chi connectivity index (χ1) is 11.8. The van der Waals surface area contributed by atoms with Gasteiger partial charge in [-0.15, -0.1) is 0 Å². The number of para-hydroxylation sites is 2. The lowest BCUT2D eigenvalue weighted by molar-refractivity contribution is 0.0953. The summed E-state index contributed by atoms with van der Waals surface area (Å²) in [6, 6.07) is 27.8. The predicted molar refractivity (Wildman–Crippen MR) is 93.6 cm³/mol. The van der Waals surface area contributed by atoms with Crippen molar-refractivity contribution in [2.45, 2.75) is 0 Å². The Hall–Kier alpha value is -3.58. The van der Waals surface area contributed by atoms with Gasteiger partial charge in [-0.25, -0.2) is 0 Å². The number of nitriles is 1. The Labute approximate surface area is 140 Å². The number of nitrogens with zero attached hydrogens (tertiary/aromatic N) is 2. The molecule has 0 aliphatic carbocycles. The second-order valence-corrected chi connectivity index (χ2v) is 5.14. The van der Waals surface area contributed by atoms with Crippen molar-refractivity contribution >= 4 is 17.3 Å². The van der Waals surface area contributed by atoms with E-state index in [1.807, 2.05) is 66.7 Å². The number of carbonyl (C=O) groups excluding carboxylic acids is 1. The third-order valence-corrected chi connectivity index (χ3v) is 3.50. The summed E-state index contributed by atoms with van der Waals surface area (Å²) in [6.07, 6.45) is 0. The zero-order valence-electron chi connectivity index (χ0n) is 12.9. The summed E-state index contributed by atoms with van der Waals surface area (Å²) in [5.41, 5.74) is 5.47. The molecule has 3 aromatic rings. The summed E-state index contributed by atoms with van der Waals surface area (Å²) >= 11 is 0. The maximum atomic E-state index is 12.6. The van der Waals surface area contributed by atoms with E-state index in [2.05, 4.69) is 5.43 Å². The van der Waals surface area contributed by atoms with Crippen molar-refractivity contribution in [1.29, 1.82) is 5.26 Å². The van der Waals surface area contributed by atoms with Crippen molar-refractivity contribution in [3.63, 3.8) is 0 Å². The number of hydrogen-bond acceptors (Lipinski definition) is 3. The van der Waals surface area contributed by atoms with E-state index in [4.69, 9.17) is 5.26 Å². The second kappa shape index (κ2) is 7.12. The van der Waals surface area contributed by atoms with Crippen LogP contribution in [0.4, 0.5) is 11.4 Å². The lowest BCUT2D eigenvalue weighted by Crippen LogP contribution is -2.38. The van der Waals surface area contributed by atoms with Gasteiger partial charge in [-0.05, 0) is 42.5 Å². The second-order valence-electron chi connectivity index (χ2n) is 5.14. The first-order valence-corrected chi connectivity index (χ1v) is 7.49. The van der Waals surface area contributed by atoms with Gasteiger partial charge >= 0.3 is 0 Å². The lowest BCUT2D eigenvalue weighted by Gasteiger charge is -2.25. The average molecular weight is 313 g/mol. The van der Waals surface area contributed by atoms with Crippen LogP contribution in [0.5, 0.6) is 0 Å². The Balaban J connectivity index is 1.92. The molecule has 0 radical (unpaired) electrons. The molecule has 24 heavy (non-hydrogen) atoms. The SMILES string of the molecule is N#Cc1cccc(C(=O)NN(c2ccccc2)c2ccccc2)c1. The highest BCUT2D eigenvalue weighted by molar-refractivity contribution is 5.96. The Morgan fingerprint density at radius 2 is 1.42 bits per heavy atom. The molecule has 0 saturated carbocycles. The Bertz CT molecular complexity index is 831. The summed E-state index contributed by atoms with van der Waals surface area (Å²) < 4.78 is 0. The highest BCUT2D eigenvalue weighted by atomic mass is 16.2. The number of carbonyl (C=O) groups is 1. The minimum Gasteiger partial charge on any atom is -0.267 e. The Morgan fingerprint density at radius 3 is 1.96 bits per heavy atom. The molecule has 3 aromatic carbocycles. The average Bonchev–Trinajstić information content (AvgIpc) is 2.67. The number of rotatable bonds is 4. The zero-order chi connectivity index (χ0) is 16.8. The molecule has 1 N–H and O–H groups in total. The summed E-state index contributed by atoms with van der Waals surface area (Å²) in [7, 11) is 0. The van der Waals surface area contributed by atoms with Crippen molar-refractivity contribution < 1.29 is 4.79 Å². The van der Waals surface area contributed by atoms with E-state index in [0.29, 0.717) is 11.1 Å². The van der Waals surface area contributed by atoms with Crippen LogP contribution in [0.15, 0.2) is 84.9 Å². The topological polar surface area (TPSA) is 56.1 Å². The number of anilines is 2. The summed E-state index contributed by atoms with van der Waals surface area (Å²) in [5, 5.41) is 10.7. The summed E-state index contributed by atoms with van der Waals surface area (Å²) in [5.74, 6) is -0.278. The molecule has 3 rings (SSSR count). The van der Waals surface area contributed by atoms with Crippen molar-refractivity contribution in [3.8, 4) is 6.07 Å². The summed E-state index contributed by atoms with van der Waals surface area (Å²) in [4.78, 5) is 12.6. The smallest absolute Gasteiger partial charge is 0.267 e. The highest BCUT2D eigenvalue weighted by Crippen LogP contribution is 2.22. The van der Waals surface area contributed by atoms with Gasteiger partial charge in [0.15, 0.2) is 0 Å². The first kappa shape index (κ1) is 15.3. The molecule has 0 aliphatic rings. The van der Waals surface area contributed by atoms with Gasteiger partial charge in [0.05, 0.1) is 23.0 Å².